The Morgan fingerprint density at radius 1 is 0.871 bits per heavy atom. The van der Waals surface area contributed by atoms with Crippen molar-refractivity contribution in [2.75, 3.05) is 26.9 Å². The molecule has 6 nitrogen and oxygen atoms in total. The van der Waals surface area contributed by atoms with Crippen molar-refractivity contribution in [2.45, 2.75) is 111 Å². The van der Waals surface area contributed by atoms with E-state index in [1.165, 1.54) is 70.8 Å². The molecular formula is C24H50N2O4S. The maximum atomic E-state index is 10.3. The Balaban J connectivity index is 0.000000615. The zero-order valence-electron chi connectivity index (χ0n) is 20.7. The predicted molar refractivity (Wildman–Crippen MR) is 131 cm³/mol. The highest BCUT2D eigenvalue weighted by Crippen LogP contribution is 2.14. The van der Waals surface area contributed by atoms with Gasteiger partial charge in [0.2, 0.25) is 0 Å². The molecule has 0 bridgehead atoms. The molecule has 31 heavy (non-hydrogen) atoms. The molecule has 0 spiro atoms. The quantitative estimate of drug-likeness (QED) is 0.183. The van der Waals surface area contributed by atoms with Crippen molar-refractivity contribution < 1.29 is 17.2 Å². The van der Waals surface area contributed by atoms with Crippen molar-refractivity contribution in [3.63, 3.8) is 0 Å². The van der Waals surface area contributed by atoms with Crippen LogP contribution in [-0.4, -0.2) is 49.6 Å². The highest BCUT2D eigenvalue weighted by Gasteiger charge is 2.11. The SMILES string of the molecule is CCCCC(CC)COS(=O)(=O)O.CCCCCCCCCCCCN1C=CN(C)C1. The molecule has 0 radical (unpaired) electrons. The number of hydrogen-bond donors (Lipinski definition) is 1. The fraction of sp³-hybridized carbons (Fsp3) is 0.917. The number of hydrogen-bond acceptors (Lipinski definition) is 5. The van der Waals surface area contributed by atoms with Gasteiger partial charge in [0.25, 0.3) is 0 Å². The summed E-state index contributed by atoms with van der Waals surface area (Å²) in [6, 6.07) is 0. The van der Waals surface area contributed by atoms with Crippen LogP contribution >= 0.6 is 0 Å². The van der Waals surface area contributed by atoms with Gasteiger partial charge in [-0.3, -0.25) is 4.55 Å². The maximum Gasteiger partial charge on any atom is 0.397 e. The average Bonchev–Trinajstić information content (AvgIpc) is 3.14. The molecule has 1 unspecified atom stereocenters. The van der Waals surface area contributed by atoms with Crippen LogP contribution in [0.15, 0.2) is 12.4 Å². The minimum Gasteiger partial charge on any atom is -0.362 e. The van der Waals surface area contributed by atoms with E-state index in [9.17, 15) is 8.42 Å². The first-order valence-corrected chi connectivity index (χ1v) is 13.9. The molecule has 0 fully saturated rings. The highest BCUT2D eigenvalue weighted by molar-refractivity contribution is 7.80. The van der Waals surface area contributed by atoms with Gasteiger partial charge in [0.15, 0.2) is 0 Å². The smallest absolute Gasteiger partial charge is 0.362 e. The first-order valence-electron chi connectivity index (χ1n) is 12.6. The van der Waals surface area contributed by atoms with E-state index < -0.39 is 10.4 Å². The molecule has 1 N–H and O–H groups in total. The zero-order chi connectivity index (χ0) is 23.4. The lowest BCUT2D eigenvalue weighted by Crippen LogP contribution is -2.23. The van der Waals surface area contributed by atoms with E-state index >= 15 is 0 Å². The van der Waals surface area contributed by atoms with Crippen LogP contribution in [0.1, 0.15) is 111 Å². The van der Waals surface area contributed by atoms with Crippen LogP contribution in [0.2, 0.25) is 0 Å². The Kier molecular flexibility index (Phi) is 19.4. The lowest BCUT2D eigenvalue weighted by Gasteiger charge is -2.17. The van der Waals surface area contributed by atoms with Crippen LogP contribution in [-0.2, 0) is 14.6 Å². The topological polar surface area (TPSA) is 70.1 Å². The molecule has 0 aromatic rings. The largest absolute Gasteiger partial charge is 0.397 e. The third-order valence-electron chi connectivity index (χ3n) is 5.73. The van der Waals surface area contributed by atoms with Crippen LogP contribution in [0.5, 0.6) is 0 Å². The predicted octanol–water partition coefficient (Wildman–Crippen LogP) is 6.61. The number of unbranched alkanes of at least 4 members (excludes halogenated alkanes) is 10. The Labute approximate surface area is 193 Å². The molecule has 1 rings (SSSR count). The van der Waals surface area contributed by atoms with Gasteiger partial charge in [0.05, 0.1) is 13.3 Å². The summed E-state index contributed by atoms with van der Waals surface area (Å²) >= 11 is 0. The van der Waals surface area contributed by atoms with Gasteiger partial charge in [-0.05, 0) is 18.8 Å². The summed E-state index contributed by atoms with van der Waals surface area (Å²) in [6.07, 6.45) is 22.6. The number of rotatable bonds is 18. The molecule has 1 aliphatic rings. The second kappa shape index (κ2) is 19.9. The van der Waals surface area contributed by atoms with Gasteiger partial charge in [-0.25, -0.2) is 4.18 Å². The van der Waals surface area contributed by atoms with Gasteiger partial charge < -0.3 is 9.80 Å². The molecule has 1 aliphatic heterocycles. The van der Waals surface area contributed by atoms with E-state index in [4.69, 9.17) is 4.55 Å². The minimum absolute atomic E-state index is 0.0926. The Hall–Kier alpha value is -0.790. The Bertz CT molecular complexity index is 526. The molecule has 1 heterocycles. The summed E-state index contributed by atoms with van der Waals surface area (Å²) in [4.78, 5) is 4.64. The monoisotopic (exact) mass is 462 g/mol. The lowest BCUT2D eigenvalue weighted by molar-refractivity contribution is 0.211. The van der Waals surface area contributed by atoms with Crippen molar-refractivity contribution in [3.8, 4) is 0 Å². The number of nitrogens with zero attached hydrogens (tertiary/aromatic N) is 2. The third kappa shape index (κ3) is 20.8. The second-order valence-corrected chi connectivity index (χ2v) is 9.91. The molecule has 0 saturated carbocycles. The molecule has 186 valence electrons. The van der Waals surface area contributed by atoms with E-state index in [1.807, 2.05) is 6.92 Å². The molecule has 0 aliphatic carbocycles. The average molecular weight is 463 g/mol. The second-order valence-electron chi connectivity index (χ2n) is 8.82. The van der Waals surface area contributed by atoms with Crippen LogP contribution in [0.3, 0.4) is 0 Å². The van der Waals surface area contributed by atoms with E-state index in [0.717, 1.165) is 32.4 Å². The molecule has 0 aromatic heterocycles. The van der Waals surface area contributed by atoms with Gasteiger partial charge in [0, 0.05) is 26.0 Å². The van der Waals surface area contributed by atoms with Gasteiger partial charge in [-0.1, -0.05) is 97.8 Å². The molecule has 0 amide bonds. The van der Waals surface area contributed by atoms with Crippen LogP contribution in [0, 0.1) is 5.92 Å². The molecular weight excluding hydrogens is 412 g/mol. The van der Waals surface area contributed by atoms with Crippen molar-refractivity contribution in [1.29, 1.82) is 0 Å². The van der Waals surface area contributed by atoms with E-state index in [0.29, 0.717) is 0 Å². The van der Waals surface area contributed by atoms with E-state index in [2.05, 4.69) is 47.3 Å². The minimum atomic E-state index is -4.25. The molecule has 7 heteroatoms. The lowest BCUT2D eigenvalue weighted by atomic mass is 10.0. The zero-order valence-corrected chi connectivity index (χ0v) is 21.5. The standard InChI is InChI=1S/C16H32N2.C8H18O4S/c1-3-4-5-6-7-8-9-10-11-12-13-18-15-14-17(2)16-18;1-3-5-6-8(4-2)7-12-13(9,10)11/h14-15H,3-13,16H2,1-2H3;8H,3-7H2,1-2H3,(H,9,10,11). The first kappa shape index (κ1) is 30.2. The van der Waals surface area contributed by atoms with E-state index in [1.54, 1.807) is 0 Å². The maximum absolute atomic E-state index is 10.3. The highest BCUT2D eigenvalue weighted by atomic mass is 32.3. The van der Waals surface area contributed by atoms with Crippen molar-refractivity contribution in [2.24, 2.45) is 5.92 Å². The van der Waals surface area contributed by atoms with Gasteiger partial charge in [-0.2, -0.15) is 8.42 Å². The van der Waals surface area contributed by atoms with Gasteiger partial charge in [-0.15, -0.1) is 0 Å². The summed E-state index contributed by atoms with van der Waals surface area (Å²) in [5.41, 5.74) is 0. The molecule has 0 saturated heterocycles. The fourth-order valence-corrected chi connectivity index (χ4v) is 3.98. The van der Waals surface area contributed by atoms with Crippen molar-refractivity contribution >= 4 is 10.4 Å². The molecule has 1 atom stereocenters. The summed E-state index contributed by atoms with van der Waals surface area (Å²) in [5, 5.41) is 0. The summed E-state index contributed by atoms with van der Waals surface area (Å²) in [7, 11) is -2.12. The summed E-state index contributed by atoms with van der Waals surface area (Å²) < 4.78 is 33.2. The fourth-order valence-electron chi connectivity index (χ4n) is 3.62. The van der Waals surface area contributed by atoms with Crippen LogP contribution in [0.4, 0.5) is 0 Å². The first-order chi connectivity index (χ1) is 14.8. The van der Waals surface area contributed by atoms with Crippen molar-refractivity contribution in [1.82, 2.24) is 9.80 Å². The Morgan fingerprint density at radius 3 is 1.87 bits per heavy atom. The van der Waals surface area contributed by atoms with E-state index in [-0.39, 0.29) is 12.5 Å². The summed E-state index contributed by atoms with van der Waals surface area (Å²) in [6.45, 7) is 8.75. The van der Waals surface area contributed by atoms with Crippen LogP contribution < -0.4 is 0 Å². The normalized spacial score (nSPS) is 14.6. The van der Waals surface area contributed by atoms with Gasteiger partial charge in [0.1, 0.15) is 0 Å². The molecule has 0 aromatic carbocycles. The Morgan fingerprint density at radius 2 is 1.42 bits per heavy atom. The van der Waals surface area contributed by atoms with Crippen LogP contribution in [0.25, 0.3) is 0 Å². The summed E-state index contributed by atoms with van der Waals surface area (Å²) in [5.74, 6) is 0.224. The van der Waals surface area contributed by atoms with Crippen molar-refractivity contribution in [3.05, 3.63) is 12.4 Å². The third-order valence-corrected chi connectivity index (χ3v) is 6.17. The van der Waals surface area contributed by atoms with Gasteiger partial charge >= 0.3 is 10.4 Å².